The Bertz CT molecular complexity index is 384. The highest BCUT2D eigenvalue weighted by atomic mass is 19.4. The molecule has 5 nitrogen and oxygen atoms in total. The van der Waals surface area contributed by atoms with E-state index in [9.17, 15) is 18.0 Å². The van der Waals surface area contributed by atoms with E-state index < -0.39 is 12.1 Å². The van der Waals surface area contributed by atoms with Crippen LogP contribution < -0.4 is 5.73 Å². The first-order chi connectivity index (χ1) is 9.55. The number of fused-ring (bicyclic) bond motifs is 3. The molecule has 0 heterocycles. The van der Waals surface area contributed by atoms with Crippen LogP contribution in [-0.2, 0) is 14.3 Å². The highest BCUT2D eigenvalue weighted by Gasteiger charge is 2.51. The molecule has 0 aliphatic heterocycles. The number of rotatable bonds is 2. The van der Waals surface area contributed by atoms with Gasteiger partial charge in [0, 0.05) is 5.54 Å². The maximum atomic E-state index is 11.8. The van der Waals surface area contributed by atoms with Gasteiger partial charge in [-0.15, -0.1) is 0 Å². The summed E-state index contributed by atoms with van der Waals surface area (Å²) in [4.78, 5) is 20.7. The normalized spacial score (nSPS) is 31.1. The first kappa shape index (κ1) is 17.7. The SMILES string of the molecule is CCOC(=O)C12CCC(N)(CC1)CC2.O=C(O)C(F)(F)F. The first-order valence-corrected chi connectivity index (χ1v) is 6.81. The lowest BCUT2D eigenvalue weighted by molar-refractivity contribution is -0.192. The Kier molecular flexibility index (Phi) is 5.25. The summed E-state index contributed by atoms with van der Waals surface area (Å²) in [7, 11) is 0. The molecule has 0 unspecified atom stereocenters. The highest BCUT2D eigenvalue weighted by molar-refractivity contribution is 5.77. The molecule has 0 radical (unpaired) electrons. The van der Waals surface area contributed by atoms with E-state index in [1.54, 1.807) is 0 Å². The summed E-state index contributed by atoms with van der Waals surface area (Å²) in [6.45, 7) is 2.36. The van der Waals surface area contributed by atoms with Crippen LogP contribution >= 0.6 is 0 Å². The maximum Gasteiger partial charge on any atom is 0.490 e. The van der Waals surface area contributed by atoms with Crippen molar-refractivity contribution in [1.29, 1.82) is 0 Å². The summed E-state index contributed by atoms with van der Waals surface area (Å²) < 4.78 is 36.9. The fourth-order valence-corrected chi connectivity index (χ4v) is 2.81. The third-order valence-corrected chi connectivity index (χ3v) is 4.26. The molecule has 3 aliphatic carbocycles. The number of carbonyl (C=O) groups is 2. The maximum absolute atomic E-state index is 11.8. The van der Waals surface area contributed by atoms with Crippen LogP contribution in [-0.4, -0.2) is 35.4 Å². The van der Waals surface area contributed by atoms with Gasteiger partial charge in [-0.3, -0.25) is 4.79 Å². The molecule has 3 aliphatic rings. The summed E-state index contributed by atoms with van der Waals surface area (Å²) >= 11 is 0. The molecule has 0 aromatic carbocycles. The molecule has 3 N–H and O–H groups in total. The topological polar surface area (TPSA) is 89.6 Å². The first-order valence-electron chi connectivity index (χ1n) is 6.81. The Morgan fingerprint density at radius 2 is 1.52 bits per heavy atom. The minimum Gasteiger partial charge on any atom is -0.475 e. The number of aliphatic carboxylic acids is 1. The van der Waals surface area contributed by atoms with Crippen LogP contribution in [0.15, 0.2) is 0 Å². The van der Waals surface area contributed by atoms with E-state index in [2.05, 4.69) is 0 Å². The molecule has 3 saturated carbocycles. The Labute approximate surface area is 120 Å². The molecule has 8 heteroatoms. The third-order valence-electron chi connectivity index (χ3n) is 4.26. The molecule has 0 amide bonds. The summed E-state index contributed by atoms with van der Waals surface area (Å²) in [5, 5.41) is 7.12. The Hall–Kier alpha value is -1.31. The largest absolute Gasteiger partial charge is 0.490 e. The third kappa shape index (κ3) is 4.33. The summed E-state index contributed by atoms with van der Waals surface area (Å²) in [6.07, 6.45) is 0.691. The van der Waals surface area contributed by atoms with Crippen molar-refractivity contribution in [3.63, 3.8) is 0 Å². The van der Waals surface area contributed by atoms with Gasteiger partial charge in [0.05, 0.1) is 12.0 Å². The van der Waals surface area contributed by atoms with Crippen molar-refractivity contribution in [2.24, 2.45) is 11.1 Å². The van der Waals surface area contributed by atoms with Crippen LogP contribution in [0.25, 0.3) is 0 Å². The molecule has 0 atom stereocenters. The zero-order valence-corrected chi connectivity index (χ0v) is 11.8. The number of carbonyl (C=O) groups excluding carboxylic acids is 1. The number of nitrogens with two attached hydrogens (primary N) is 1. The van der Waals surface area contributed by atoms with Gasteiger partial charge in [0.2, 0.25) is 0 Å². The quantitative estimate of drug-likeness (QED) is 0.763. The lowest BCUT2D eigenvalue weighted by Crippen LogP contribution is -2.54. The average molecular weight is 311 g/mol. The number of hydrogen-bond donors (Lipinski definition) is 2. The van der Waals surface area contributed by atoms with Crippen LogP contribution in [0.4, 0.5) is 13.2 Å². The van der Waals surface area contributed by atoms with Gasteiger partial charge >= 0.3 is 18.1 Å². The smallest absolute Gasteiger partial charge is 0.475 e. The van der Waals surface area contributed by atoms with Crippen molar-refractivity contribution in [2.75, 3.05) is 6.61 Å². The molecule has 0 aromatic heterocycles. The predicted molar refractivity (Wildman–Crippen MR) is 67.4 cm³/mol. The van der Waals surface area contributed by atoms with Crippen molar-refractivity contribution in [2.45, 2.75) is 57.2 Å². The van der Waals surface area contributed by atoms with Gasteiger partial charge in [-0.05, 0) is 45.4 Å². The minimum atomic E-state index is -5.08. The van der Waals surface area contributed by atoms with E-state index in [1.807, 2.05) is 6.92 Å². The van der Waals surface area contributed by atoms with Crippen molar-refractivity contribution >= 4 is 11.9 Å². The molecule has 3 rings (SSSR count). The van der Waals surface area contributed by atoms with Crippen molar-refractivity contribution < 1.29 is 32.6 Å². The summed E-state index contributed by atoms with van der Waals surface area (Å²) in [5.74, 6) is -2.74. The molecule has 21 heavy (non-hydrogen) atoms. The second-order valence-electron chi connectivity index (χ2n) is 5.67. The van der Waals surface area contributed by atoms with E-state index in [0.717, 1.165) is 38.5 Å². The lowest BCUT2D eigenvalue weighted by Gasteiger charge is -2.50. The van der Waals surface area contributed by atoms with Crippen LogP contribution in [0.2, 0.25) is 0 Å². The van der Waals surface area contributed by atoms with Crippen LogP contribution in [0.3, 0.4) is 0 Å². The summed E-state index contributed by atoms with van der Waals surface area (Å²) in [5.41, 5.74) is 6.04. The molecular weight excluding hydrogens is 291 g/mol. The number of hydrogen-bond acceptors (Lipinski definition) is 4. The molecular formula is C13H20F3NO4. The Morgan fingerprint density at radius 1 is 1.14 bits per heavy atom. The number of ether oxygens (including phenoxy) is 1. The molecule has 0 saturated heterocycles. The fraction of sp³-hybridized carbons (Fsp3) is 0.846. The minimum absolute atomic E-state index is 0.0155. The van der Waals surface area contributed by atoms with E-state index in [-0.39, 0.29) is 16.9 Å². The highest BCUT2D eigenvalue weighted by Crippen LogP contribution is 2.51. The number of alkyl halides is 3. The standard InChI is InChI=1S/C11H19NO2.C2HF3O2/c1-2-14-9(13)10-3-6-11(12,7-4-10)8-5-10;3-2(4,5)1(6)7/h2-8,12H2,1H3;(H,6,7). The average Bonchev–Trinajstić information content (AvgIpc) is 2.40. The van der Waals surface area contributed by atoms with Gasteiger partial charge in [0.1, 0.15) is 0 Å². The second kappa shape index (κ2) is 6.21. The number of carboxylic acids is 1. The molecule has 122 valence electrons. The zero-order valence-electron chi connectivity index (χ0n) is 11.8. The zero-order chi connectivity index (χ0) is 16.3. The van der Waals surface area contributed by atoms with Gasteiger partial charge in [-0.1, -0.05) is 0 Å². The molecule has 0 aromatic rings. The molecule has 2 bridgehead atoms. The van der Waals surface area contributed by atoms with E-state index in [4.69, 9.17) is 20.4 Å². The van der Waals surface area contributed by atoms with Crippen molar-refractivity contribution in [3.8, 4) is 0 Å². The van der Waals surface area contributed by atoms with Gasteiger partial charge < -0.3 is 15.6 Å². The molecule has 3 fully saturated rings. The van der Waals surface area contributed by atoms with Crippen molar-refractivity contribution in [1.82, 2.24) is 0 Å². The monoisotopic (exact) mass is 311 g/mol. The van der Waals surface area contributed by atoms with Crippen molar-refractivity contribution in [3.05, 3.63) is 0 Å². The van der Waals surface area contributed by atoms with Gasteiger partial charge in [0.25, 0.3) is 0 Å². The number of carboxylic acid groups (broad SMARTS) is 1. The van der Waals surface area contributed by atoms with Gasteiger partial charge in [-0.2, -0.15) is 13.2 Å². The Balaban J connectivity index is 0.000000270. The Morgan fingerprint density at radius 3 is 1.81 bits per heavy atom. The van der Waals surface area contributed by atoms with Crippen LogP contribution in [0.1, 0.15) is 45.4 Å². The lowest BCUT2D eigenvalue weighted by atomic mass is 9.57. The molecule has 0 spiro atoms. The second-order valence-corrected chi connectivity index (χ2v) is 5.67. The predicted octanol–water partition coefficient (Wildman–Crippen LogP) is 2.23. The van der Waals surface area contributed by atoms with Gasteiger partial charge in [0.15, 0.2) is 0 Å². The van der Waals surface area contributed by atoms with E-state index >= 15 is 0 Å². The number of esters is 1. The fourth-order valence-electron chi connectivity index (χ4n) is 2.81. The van der Waals surface area contributed by atoms with Gasteiger partial charge in [-0.25, -0.2) is 4.79 Å². The summed E-state index contributed by atoms with van der Waals surface area (Å²) in [6, 6.07) is 0. The number of halogens is 3. The van der Waals surface area contributed by atoms with E-state index in [1.165, 1.54) is 0 Å². The van der Waals surface area contributed by atoms with Crippen LogP contribution in [0.5, 0.6) is 0 Å². The van der Waals surface area contributed by atoms with E-state index in [0.29, 0.717) is 6.61 Å². The van der Waals surface area contributed by atoms with Crippen LogP contribution in [0, 0.1) is 5.41 Å².